The van der Waals surface area contributed by atoms with Crippen molar-refractivity contribution in [1.29, 1.82) is 0 Å². The van der Waals surface area contributed by atoms with E-state index in [9.17, 15) is 9.59 Å². The van der Waals surface area contributed by atoms with Gasteiger partial charge in [-0.2, -0.15) is 0 Å². The number of rotatable bonds is 5. The van der Waals surface area contributed by atoms with Crippen LogP contribution in [0.5, 0.6) is 0 Å². The summed E-state index contributed by atoms with van der Waals surface area (Å²) in [6.45, 7) is 0.296. The van der Waals surface area contributed by atoms with Crippen molar-refractivity contribution in [2.24, 2.45) is 17.8 Å². The monoisotopic (exact) mass is 441 g/mol. The minimum Gasteiger partial charge on any atom is -0.300 e. The van der Waals surface area contributed by atoms with Crippen molar-refractivity contribution in [3.8, 4) is 0 Å². The first-order valence-corrected chi connectivity index (χ1v) is 12.3. The lowest BCUT2D eigenvalue weighted by Crippen LogP contribution is -2.48. The molecular weight excluding hydrogens is 418 g/mol. The second-order valence-electron chi connectivity index (χ2n) is 9.29. The molecule has 1 amide bonds. The highest BCUT2D eigenvalue weighted by Gasteiger charge is 2.53. The van der Waals surface area contributed by atoms with Crippen LogP contribution in [-0.4, -0.2) is 25.7 Å². The highest BCUT2D eigenvalue weighted by atomic mass is 32.1. The number of nitrogens with one attached hydrogen (secondary N) is 1. The summed E-state index contributed by atoms with van der Waals surface area (Å²) < 4.78 is 1.50. The average molecular weight is 442 g/mol. The number of aromatic nitrogens is 4. The van der Waals surface area contributed by atoms with Crippen molar-refractivity contribution >= 4 is 43.9 Å². The van der Waals surface area contributed by atoms with Crippen LogP contribution >= 0.6 is 22.7 Å². The molecule has 0 saturated heterocycles. The van der Waals surface area contributed by atoms with E-state index in [0.717, 1.165) is 27.6 Å². The molecular formula is C21H23N5O2S2. The average Bonchev–Trinajstić information content (AvgIpc) is 3.36. The van der Waals surface area contributed by atoms with E-state index < -0.39 is 0 Å². The molecule has 9 heteroatoms. The Morgan fingerprint density at radius 1 is 1.17 bits per heavy atom. The molecule has 0 aromatic carbocycles. The largest absolute Gasteiger partial charge is 0.300 e. The van der Waals surface area contributed by atoms with Gasteiger partial charge in [-0.3, -0.25) is 14.2 Å². The van der Waals surface area contributed by atoms with Crippen LogP contribution in [0.25, 0.3) is 10.2 Å². The van der Waals surface area contributed by atoms with Crippen LogP contribution < -0.4 is 10.9 Å². The van der Waals surface area contributed by atoms with E-state index in [2.05, 4.69) is 20.5 Å². The molecule has 4 saturated carbocycles. The van der Waals surface area contributed by atoms with E-state index in [1.165, 1.54) is 60.8 Å². The zero-order chi connectivity index (χ0) is 20.3. The minimum absolute atomic E-state index is 0.103. The number of carbonyl (C=O) groups excluding carboxylic acids is 1. The van der Waals surface area contributed by atoms with E-state index in [4.69, 9.17) is 0 Å². The lowest BCUT2D eigenvalue weighted by Gasteiger charge is -2.55. The number of hydrogen-bond donors (Lipinski definition) is 1. The van der Waals surface area contributed by atoms with Gasteiger partial charge in [0.2, 0.25) is 11.0 Å². The molecule has 0 aliphatic heterocycles. The van der Waals surface area contributed by atoms with Gasteiger partial charge < -0.3 is 5.32 Å². The van der Waals surface area contributed by atoms with Crippen LogP contribution in [0.3, 0.4) is 0 Å². The lowest BCUT2D eigenvalue weighted by molar-refractivity contribution is -0.116. The van der Waals surface area contributed by atoms with Gasteiger partial charge in [-0.05, 0) is 67.7 Å². The van der Waals surface area contributed by atoms with Gasteiger partial charge in [-0.1, -0.05) is 11.3 Å². The number of anilines is 1. The number of thiophene rings is 1. The fraction of sp³-hybridized carbons (Fsp3) is 0.571. The van der Waals surface area contributed by atoms with Gasteiger partial charge in [0, 0.05) is 18.4 Å². The molecule has 1 N–H and O–H groups in total. The van der Waals surface area contributed by atoms with Crippen molar-refractivity contribution in [2.45, 2.75) is 56.9 Å². The highest BCUT2D eigenvalue weighted by molar-refractivity contribution is 7.16. The van der Waals surface area contributed by atoms with E-state index in [1.807, 2.05) is 5.38 Å². The Bertz CT molecular complexity index is 1140. The van der Waals surface area contributed by atoms with Gasteiger partial charge in [-0.15, -0.1) is 21.5 Å². The molecule has 4 aliphatic carbocycles. The van der Waals surface area contributed by atoms with E-state index in [-0.39, 0.29) is 23.3 Å². The molecule has 0 atom stereocenters. The molecule has 3 aromatic heterocycles. The third-order valence-electron chi connectivity index (χ3n) is 7.19. The fourth-order valence-corrected chi connectivity index (χ4v) is 8.02. The minimum atomic E-state index is -0.152. The Morgan fingerprint density at radius 3 is 2.63 bits per heavy atom. The Labute approximate surface area is 181 Å². The molecule has 4 aliphatic rings. The van der Waals surface area contributed by atoms with Crippen LogP contribution in [0.15, 0.2) is 22.6 Å². The van der Waals surface area contributed by atoms with Gasteiger partial charge in [0.15, 0.2) is 0 Å². The second kappa shape index (κ2) is 6.95. The molecule has 4 fully saturated rings. The van der Waals surface area contributed by atoms with Crippen LogP contribution in [0, 0.1) is 17.8 Å². The number of carbonyl (C=O) groups is 1. The van der Waals surface area contributed by atoms with Gasteiger partial charge in [0.1, 0.15) is 9.84 Å². The fourth-order valence-electron chi connectivity index (χ4n) is 6.32. The van der Waals surface area contributed by atoms with Crippen LogP contribution in [0.2, 0.25) is 0 Å². The molecule has 156 valence electrons. The first-order valence-electron chi connectivity index (χ1n) is 10.6. The number of amides is 1. The van der Waals surface area contributed by atoms with Crippen molar-refractivity contribution in [2.75, 3.05) is 5.32 Å². The van der Waals surface area contributed by atoms with Crippen LogP contribution in [-0.2, 0) is 16.8 Å². The predicted octanol–water partition coefficient (Wildman–Crippen LogP) is 3.81. The Morgan fingerprint density at radius 2 is 1.90 bits per heavy atom. The zero-order valence-corrected chi connectivity index (χ0v) is 18.2. The van der Waals surface area contributed by atoms with Crippen molar-refractivity contribution in [3.63, 3.8) is 0 Å². The standard InChI is InChI=1S/C21H23N5O2S2/c27-16(1-3-26-11-22-17-15(18(26)28)2-4-29-17)23-20-25-24-19(30-20)21-8-12-5-13(9-21)7-14(6-12)10-21/h2,4,11-14H,1,3,5-10H2,(H,23,25,27). The predicted molar refractivity (Wildman–Crippen MR) is 117 cm³/mol. The third-order valence-corrected chi connectivity index (χ3v) is 9.10. The maximum Gasteiger partial charge on any atom is 0.262 e. The quantitative estimate of drug-likeness (QED) is 0.650. The van der Waals surface area contributed by atoms with Crippen molar-refractivity contribution < 1.29 is 4.79 Å². The maximum atomic E-state index is 12.5. The summed E-state index contributed by atoms with van der Waals surface area (Å²) in [5.41, 5.74) is 0.0960. The molecule has 0 spiro atoms. The normalized spacial score (nSPS) is 29.5. The smallest absolute Gasteiger partial charge is 0.262 e. The Balaban J connectivity index is 1.12. The van der Waals surface area contributed by atoms with Crippen molar-refractivity contribution in [3.05, 3.63) is 33.1 Å². The van der Waals surface area contributed by atoms with E-state index in [0.29, 0.717) is 17.1 Å². The van der Waals surface area contributed by atoms with Gasteiger partial charge in [-0.25, -0.2) is 4.98 Å². The first kappa shape index (κ1) is 18.6. The highest BCUT2D eigenvalue weighted by Crippen LogP contribution is 2.61. The van der Waals surface area contributed by atoms with E-state index >= 15 is 0 Å². The molecule has 7 nitrogen and oxygen atoms in total. The number of nitrogens with zero attached hydrogens (tertiary/aromatic N) is 4. The lowest BCUT2D eigenvalue weighted by atomic mass is 9.50. The topological polar surface area (TPSA) is 89.8 Å². The summed E-state index contributed by atoms with van der Waals surface area (Å²) in [5, 5.41) is 15.8. The first-order chi connectivity index (χ1) is 14.6. The molecule has 3 heterocycles. The molecule has 3 aromatic rings. The third kappa shape index (κ3) is 3.10. The molecule has 0 unspecified atom stereocenters. The number of aryl methyl sites for hydroxylation is 1. The summed E-state index contributed by atoms with van der Waals surface area (Å²) in [7, 11) is 0. The maximum absolute atomic E-state index is 12.5. The Kier molecular flexibility index (Phi) is 4.31. The number of hydrogen-bond acceptors (Lipinski definition) is 7. The van der Waals surface area contributed by atoms with E-state index in [1.54, 1.807) is 17.4 Å². The zero-order valence-electron chi connectivity index (χ0n) is 16.5. The molecule has 7 rings (SSSR count). The summed E-state index contributed by atoms with van der Waals surface area (Å²) >= 11 is 2.99. The second-order valence-corrected chi connectivity index (χ2v) is 11.2. The Hall–Kier alpha value is -2.13. The van der Waals surface area contributed by atoms with Crippen LogP contribution in [0.1, 0.15) is 50.0 Å². The van der Waals surface area contributed by atoms with Gasteiger partial charge in [0.05, 0.1) is 11.7 Å². The van der Waals surface area contributed by atoms with Gasteiger partial charge >= 0.3 is 0 Å². The summed E-state index contributed by atoms with van der Waals surface area (Å²) in [5.74, 6) is 2.41. The van der Waals surface area contributed by atoms with Gasteiger partial charge in [0.25, 0.3) is 5.56 Å². The summed E-state index contributed by atoms with van der Waals surface area (Å²) in [4.78, 5) is 29.9. The molecule has 30 heavy (non-hydrogen) atoms. The van der Waals surface area contributed by atoms with Crippen LogP contribution in [0.4, 0.5) is 5.13 Å². The number of fused-ring (bicyclic) bond motifs is 1. The summed E-state index contributed by atoms with van der Waals surface area (Å²) in [6.07, 6.45) is 9.62. The summed E-state index contributed by atoms with van der Waals surface area (Å²) in [6, 6.07) is 1.78. The molecule has 4 bridgehead atoms. The van der Waals surface area contributed by atoms with Crippen molar-refractivity contribution in [1.82, 2.24) is 19.7 Å². The molecule has 0 radical (unpaired) electrons. The SMILES string of the molecule is O=C(CCn1cnc2sccc2c1=O)Nc1nnc(C23CC4CC(CC(C4)C2)C3)s1.